The van der Waals surface area contributed by atoms with Crippen molar-refractivity contribution in [3.8, 4) is 11.5 Å². The van der Waals surface area contributed by atoms with E-state index in [4.69, 9.17) is 19.3 Å². The van der Waals surface area contributed by atoms with Gasteiger partial charge < -0.3 is 14.2 Å². The minimum absolute atomic E-state index is 0.222. The summed E-state index contributed by atoms with van der Waals surface area (Å²) in [5.41, 5.74) is -0.115. The Hall–Kier alpha value is -2.00. The number of primary sulfonamides is 1. The van der Waals surface area contributed by atoms with E-state index in [1.54, 1.807) is 20.8 Å². The second-order valence-corrected chi connectivity index (χ2v) is 7.43. The number of nitrogens with one attached hydrogen (secondary N) is 1. The molecule has 0 fully saturated rings. The van der Waals surface area contributed by atoms with Crippen LogP contribution in [0.4, 0.5) is 10.5 Å². The van der Waals surface area contributed by atoms with Crippen molar-refractivity contribution in [1.29, 1.82) is 0 Å². The number of carbonyl (C=O) groups is 1. The van der Waals surface area contributed by atoms with Crippen molar-refractivity contribution in [1.82, 2.24) is 0 Å². The predicted octanol–water partition coefficient (Wildman–Crippen LogP) is 1.84. The Morgan fingerprint density at radius 1 is 1.22 bits per heavy atom. The van der Waals surface area contributed by atoms with Crippen LogP contribution < -0.4 is 19.9 Å². The molecule has 0 atom stereocenters. The van der Waals surface area contributed by atoms with Crippen LogP contribution in [0.2, 0.25) is 0 Å². The van der Waals surface area contributed by atoms with Gasteiger partial charge in [-0.15, -0.1) is 0 Å². The predicted molar refractivity (Wildman–Crippen MR) is 86.2 cm³/mol. The van der Waals surface area contributed by atoms with Gasteiger partial charge in [0.05, 0.1) is 25.7 Å². The Kier molecular flexibility index (Phi) is 5.84. The standard InChI is InChI=1S/C14H22N2O6S/c1-14(2,3)22-13(17)16-10-6-9(8-23(15,18)19)7-11(20-4)12(10)21-5/h6-7H,8H2,1-5H3,(H,16,17)(H2,15,18,19). The molecule has 0 aromatic heterocycles. The number of methoxy groups -OCH3 is 2. The zero-order valence-electron chi connectivity index (χ0n) is 13.8. The van der Waals surface area contributed by atoms with Gasteiger partial charge in [0.25, 0.3) is 0 Å². The van der Waals surface area contributed by atoms with Crippen LogP contribution in [0.25, 0.3) is 0 Å². The Morgan fingerprint density at radius 2 is 1.83 bits per heavy atom. The van der Waals surface area contributed by atoms with E-state index in [-0.39, 0.29) is 17.2 Å². The summed E-state index contributed by atoms with van der Waals surface area (Å²) in [5, 5.41) is 7.57. The highest BCUT2D eigenvalue weighted by Gasteiger charge is 2.20. The molecule has 1 aromatic carbocycles. The van der Waals surface area contributed by atoms with Gasteiger partial charge >= 0.3 is 6.09 Å². The van der Waals surface area contributed by atoms with Gasteiger partial charge in [-0.2, -0.15) is 0 Å². The van der Waals surface area contributed by atoms with Crippen LogP contribution in [0.5, 0.6) is 11.5 Å². The molecule has 3 N–H and O–H groups in total. The van der Waals surface area contributed by atoms with Crippen LogP contribution in [-0.4, -0.2) is 34.3 Å². The summed E-state index contributed by atoms with van der Waals surface area (Å²) in [6.07, 6.45) is -0.703. The first-order chi connectivity index (χ1) is 10.4. The topological polar surface area (TPSA) is 117 Å². The molecule has 1 rings (SSSR count). The SMILES string of the molecule is COc1cc(CS(N)(=O)=O)cc(NC(=O)OC(C)(C)C)c1OC. The lowest BCUT2D eigenvalue weighted by Gasteiger charge is -2.21. The lowest BCUT2D eigenvalue weighted by molar-refractivity contribution is 0.0635. The number of hydrogen-bond acceptors (Lipinski definition) is 6. The zero-order chi connectivity index (χ0) is 17.8. The molecule has 0 saturated carbocycles. The summed E-state index contributed by atoms with van der Waals surface area (Å²) < 4.78 is 38.1. The van der Waals surface area contributed by atoms with Crippen molar-refractivity contribution < 1.29 is 27.4 Å². The first kappa shape index (κ1) is 19.0. The highest BCUT2D eigenvalue weighted by molar-refractivity contribution is 7.88. The molecule has 0 unspecified atom stereocenters. The largest absolute Gasteiger partial charge is 0.493 e. The maximum atomic E-state index is 11.9. The first-order valence-corrected chi connectivity index (χ1v) is 8.42. The molecular formula is C14H22N2O6S. The van der Waals surface area contributed by atoms with Gasteiger partial charge in [0, 0.05) is 0 Å². The second kappa shape index (κ2) is 7.05. The van der Waals surface area contributed by atoms with Crippen molar-refractivity contribution in [2.75, 3.05) is 19.5 Å². The molecule has 23 heavy (non-hydrogen) atoms. The van der Waals surface area contributed by atoms with Gasteiger partial charge in [0.1, 0.15) is 5.60 Å². The first-order valence-electron chi connectivity index (χ1n) is 6.70. The maximum absolute atomic E-state index is 11.9. The van der Waals surface area contributed by atoms with E-state index in [0.29, 0.717) is 5.56 Å². The van der Waals surface area contributed by atoms with Crippen LogP contribution in [0.15, 0.2) is 12.1 Å². The molecule has 1 amide bonds. The van der Waals surface area contributed by atoms with Crippen LogP contribution in [0.3, 0.4) is 0 Å². The Morgan fingerprint density at radius 3 is 2.26 bits per heavy atom. The minimum atomic E-state index is -3.74. The zero-order valence-corrected chi connectivity index (χ0v) is 14.6. The van der Waals surface area contributed by atoms with Gasteiger partial charge in [-0.25, -0.2) is 18.4 Å². The lowest BCUT2D eigenvalue weighted by atomic mass is 10.2. The van der Waals surface area contributed by atoms with Gasteiger partial charge in [-0.3, -0.25) is 5.32 Å². The molecule has 9 heteroatoms. The number of benzene rings is 1. The van der Waals surface area contributed by atoms with Gasteiger partial charge in [-0.05, 0) is 38.5 Å². The number of anilines is 1. The molecule has 0 aliphatic rings. The molecule has 0 saturated heterocycles. The summed E-state index contributed by atoms with van der Waals surface area (Å²) in [7, 11) is -0.937. The average Bonchev–Trinajstić information content (AvgIpc) is 2.33. The number of amides is 1. The number of nitrogens with two attached hydrogens (primary N) is 1. The van der Waals surface area contributed by atoms with E-state index in [9.17, 15) is 13.2 Å². The van der Waals surface area contributed by atoms with E-state index in [0.717, 1.165) is 0 Å². The third kappa shape index (κ3) is 6.33. The molecule has 0 heterocycles. The van der Waals surface area contributed by atoms with E-state index in [1.165, 1.54) is 26.4 Å². The maximum Gasteiger partial charge on any atom is 0.412 e. The molecule has 0 aliphatic carbocycles. The van der Waals surface area contributed by atoms with Gasteiger partial charge in [0.2, 0.25) is 10.0 Å². The number of hydrogen-bond donors (Lipinski definition) is 2. The molecule has 0 bridgehead atoms. The fourth-order valence-electron chi connectivity index (χ4n) is 1.84. The van der Waals surface area contributed by atoms with Gasteiger partial charge in [-0.1, -0.05) is 0 Å². The quantitative estimate of drug-likeness (QED) is 0.840. The normalized spacial score (nSPS) is 11.7. The summed E-state index contributed by atoms with van der Waals surface area (Å²) in [6, 6.07) is 2.92. The summed E-state index contributed by atoms with van der Waals surface area (Å²) >= 11 is 0. The molecule has 0 aliphatic heterocycles. The molecule has 0 spiro atoms. The molecule has 130 valence electrons. The molecule has 1 aromatic rings. The lowest BCUT2D eigenvalue weighted by Crippen LogP contribution is -2.27. The Bertz CT molecular complexity index is 679. The second-order valence-electron chi connectivity index (χ2n) is 5.81. The van der Waals surface area contributed by atoms with Crippen molar-refractivity contribution in [3.63, 3.8) is 0 Å². The summed E-state index contributed by atoms with van der Waals surface area (Å²) in [6.45, 7) is 5.17. The van der Waals surface area contributed by atoms with Crippen molar-refractivity contribution in [3.05, 3.63) is 17.7 Å². The number of sulfonamides is 1. The number of ether oxygens (including phenoxy) is 3. The van der Waals surface area contributed by atoms with Crippen molar-refractivity contribution in [2.45, 2.75) is 32.1 Å². The third-order valence-corrected chi connectivity index (χ3v) is 3.28. The third-order valence-electron chi connectivity index (χ3n) is 2.54. The number of rotatable bonds is 5. The van der Waals surface area contributed by atoms with Gasteiger partial charge in [0.15, 0.2) is 11.5 Å². The smallest absolute Gasteiger partial charge is 0.412 e. The van der Waals surface area contributed by atoms with Crippen LogP contribution in [-0.2, 0) is 20.5 Å². The van der Waals surface area contributed by atoms with E-state index in [2.05, 4.69) is 5.32 Å². The van der Waals surface area contributed by atoms with Crippen LogP contribution >= 0.6 is 0 Å². The Labute approximate surface area is 136 Å². The molecule has 8 nitrogen and oxygen atoms in total. The van der Waals surface area contributed by atoms with Crippen molar-refractivity contribution >= 4 is 21.8 Å². The monoisotopic (exact) mass is 346 g/mol. The number of carbonyl (C=O) groups excluding carboxylic acids is 1. The average molecular weight is 346 g/mol. The fraction of sp³-hybridized carbons (Fsp3) is 0.500. The van der Waals surface area contributed by atoms with Crippen LogP contribution in [0.1, 0.15) is 26.3 Å². The molecule has 0 radical (unpaired) electrons. The van der Waals surface area contributed by atoms with E-state index >= 15 is 0 Å². The van der Waals surface area contributed by atoms with E-state index < -0.39 is 27.5 Å². The van der Waals surface area contributed by atoms with Crippen molar-refractivity contribution in [2.24, 2.45) is 5.14 Å². The minimum Gasteiger partial charge on any atom is -0.493 e. The highest BCUT2D eigenvalue weighted by atomic mass is 32.2. The summed E-state index contributed by atoms with van der Waals surface area (Å²) in [4.78, 5) is 11.9. The summed E-state index contributed by atoms with van der Waals surface area (Å²) in [5.74, 6) is 0.104. The highest BCUT2D eigenvalue weighted by Crippen LogP contribution is 2.37. The van der Waals surface area contributed by atoms with E-state index in [1.807, 2.05) is 0 Å². The Balaban J connectivity index is 3.21. The fourth-order valence-corrected chi connectivity index (χ4v) is 2.47. The van der Waals surface area contributed by atoms with Crippen LogP contribution in [0, 0.1) is 0 Å². The molecular weight excluding hydrogens is 324 g/mol.